The summed E-state index contributed by atoms with van der Waals surface area (Å²) in [6.07, 6.45) is 8.26. The van der Waals surface area contributed by atoms with Crippen LogP contribution in [0.4, 0.5) is 0 Å². The molecule has 3 heterocycles. The van der Waals surface area contributed by atoms with Gasteiger partial charge in [0.2, 0.25) is 10.0 Å². The van der Waals surface area contributed by atoms with E-state index in [1.807, 2.05) is 23.8 Å². The molecule has 1 aliphatic rings. The van der Waals surface area contributed by atoms with Gasteiger partial charge in [0.1, 0.15) is 18.0 Å². The zero-order valence-corrected chi connectivity index (χ0v) is 13.5. The molecule has 118 valence electrons. The summed E-state index contributed by atoms with van der Waals surface area (Å²) in [5.41, 5.74) is 0.893. The standard InChI is InChI=1S/C14H19N5O2S/c1-11-16-13(8-14(17-11)18-7-5-15-10-18)12-4-3-6-19(9-12)22(2,20)21/h5,7-8,10,12H,3-4,6,9H2,1-2H3/t12-/m1/s1. The van der Waals surface area contributed by atoms with Crippen molar-refractivity contribution < 1.29 is 8.42 Å². The third-order valence-electron chi connectivity index (χ3n) is 3.88. The van der Waals surface area contributed by atoms with Crippen LogP contribution < -0.4 is 0 Å². The van der Waals surface area contributed by atoms with Crippen LogP contribution in [0.3, 0.4) is 0 Å². The van der Waals surface area contributed by atoms with Crippen molar-refractivity contribution in [3.63, 3.8) is 0 Å². The van der Waals surface area contributed by atoms with Gasteiger partial charge in [-0.25, -0.2) is 27.7 Å². The Labute approximate surface area is 130 Å². The molecule has 8 heteroatoms. The number of sulfonamides is 1. The third kappa shape index (κ3) is 3.17. The lowest BCUT2D eigenvalue weighted by Crippen LogP contribution is -2.38. The fraction of sp³-hybridized carbons (Fsp3) is 0.500. The Hall–Kier alpha value is -1.80. The van der Waals surface area contributed by atoms with E-state index in [4.69, 9.17) is 0 Å². The Bertz CT molecular complexity index is 758. The Kier molecular flexibility index (Phi) is 3.96. The van der Waals surface area contributed by atoms with E-state index in [-0.39, 0.29) is 5.92 Å². The average molecular weight is 321 g/mol. The van der Waals surface area contributed by atoms with E-state index < -0.39 is 10.0 Å². The highest BCUT2D eigenvalue weighted by Gasteiger charge is 2.28. The van der Waals surface area contributed by atoms with E-state index in [1.54, 1.807) is 12.5 Å². The molecular weight excluding hydrogens is 302 g/mol. The normalized spacial score (nSPS) is 20.2. The number of rotatable bonds is 3. The van der Waals surface area contributed by atoms with Gasteiger partial charge in [-0.3, -0.25) is 4.57 Å². The first kappa shape index (κ1) is 15.1. The van der Waals surface area contributed by atoms with Crippen LogP contribution in [-0.2, 0) is 10.0 Å². The maximum absolute atomic E-state index is 11.8. The monoisotopic (exact) mass is 321 g/mol. The summed E-state index contributed by atoms with van der Waals surface area (Å²) < 4.78 is 26.9. The topological polar surface area (TPSA) is 81.0 Å². The van der Waals surface area contributed by atoms with Gasteiger partial charge >= 0.3 is 0 Å². The van der Waals surface area contributed by atoms with Crippen LogP contribution in [0.2, 0.25) is 0 Å². The molecule has 22 heavy (non-hydrogen) atoms. The van der Waals surface area contributed by atoms with Gasteiger partial charge in [0.05, 0.1) is 11.9 Å². The van der Waals surface area contributed by atoms with E-state index in [2.05, 4.69) is 15.0 Å². The van der Waals surface area contributed by atoms with Crippen molar-refractivity contribution in [1.82, 2.24) is 23.8 Å². The first-order chi connectivity index (χ1) is 10.4. The minimum atomic E-state index is -3.16. The van der Waals surface area contributed by atoms with E-state index in [9.17, 15) is 8.42 Å². The molecule has 2 aromatic heterocycles. The maximum atomic E-state index is 11.8. The average Bonchev–Trinajstić information content (AvgIpc) is 3.00. The second-order valence-corrected chi connectivity index (χ2v) is 7.61. The van der Waals surface area contributed by atoms with Crippen LogP contribution in [-0.4, -0.2) is 51.6 Å². The minimum Gasteiger partial charge on any atom is -0.290 e. The summed E-state index contributed by atoms with van der Waals surface area (Å²) >= 11 is 0. The third-order valence-corrected chi connectivity index (χ3v) is 5.15. The first-order valence-electron chi connectivity index (χ1n) is 7.22. The summed E-state index contributed by atoms with van der Waals surface area (Å²) in [5.74, 6) is 1.54. The number of hydrogen-bond acceptors (Lipinski definition) is 5. The Morgan fingerprint density at radius 1 is 1.32 bits per heavy atom. The number of aromatic nitrogens is 4. The second-order valence-electron chi connectivity index (χ2n) is 5.63. The lowest BCUT2D eigenvalue weighted by atomic mass is 9.96. The molecule has 0 aliphatic carbocycles. The molecule has 0 unspecified atom stereocenters. The van der Waals surface area contributed by atoms with Gasteiger partial charge in [0, 0.05) is 37.5 Å². The van der Waals surface area contributed by atoms with E-state index >= 15 is 0 Å². The fourth-order valence-electron chi connectivity index (χ4n) is 2.80. The molecule has 0 amide bonds. The van der Waals surface area contributed by atoms with Gasteiger partial charge in [-0.05, 0) is 19.8 Å². The van der Waals surface area contributed by atoms with E-state index in [1.165, 1.54) is 10.6 Å². The highest BCUT2D eigenvalue weighted by molar-refractivity contribution is 7.88. The fourth-order valence-corrected chi connectivity index (χ4v) is 3.71. The molecular formula is C14H19N5O2S. The highest BCUT2D eigenvalue weighted by Crippen LogP contribution is 2.27. The van der Waals surface area contributed by atoms with Gasteiger partial charge in [-0.1, -0.05) is 0 Å². The van der Waals surface area contributed by atoms with Gasteiger partial charge in [0.15, 0.2) is 0 Å². The van der Waals surface area contributed by atoms with Crippen molar-refractivity contribution in [1.29, 1.82) is 0 Å². The molecule has 2 aromatic rings. The molecule has 0 radical (unpaired) electrons. The quantitative estimate of drug-likeness (QED) is 0.846. The molecule has 1 atom stereocenters. The van der Waals surface area contributed by atoms with Crippen molar-refractivity contribution in [2.75, 3.05) is 19.3 Å². The van der Waals surface area contributed by atoms with Crippen LogP contribution in [0.15, 0.2) is 24.8 Å². The maximum Gasteiger partial charge on any atom is 0.211 e. The summed E-state index contributed by atoms with van der Waals surface area (Å²) in [6.45, 7) is 2.92. The van der Waals surface area contributed by atoms with E-state index in [0.717, 1.165) is 24.4 Å². The smallest absolute Gasteiger partial charge is 0.211 e. The number of imidazole rings is 1. The summed E-state index contributed by atoms with van der Waals surface area (Å²) in [6, 6.07) is 1.92. The predicted octanol–water partition coefficient (Wildman–Crippen LogP) is 1.11. The van der Waals surface area contributed by atoms with Crippen LogP contribution in [0, 0.1) is 6.92 Å². The number of nitrogens with zero attached hydrogens (tertiary/aromatic N) is 5. The van der Waals surface area contributed by atoms with Crippen LogP contribution in [0.1, 0.15) is 30.3 Å². The van der Waals surface area contributed by atoms with Crippen molar-refractivity contribution in [2.45, 2.75) is 25.7 Å². The second kappa shape index (κ2) is 5.77. The number of hydrogen-bond donors (Lipinski definition) is 0. The van der Waals surface area contributed by atoms with Crippen LogP contribution in [0.25, 0.3) is 5.82 Å². The molecule has 0 N–H and O–H groups in total. The minimum absolute atomic E-state index is 0.104. The first-order valence-corrected chi connectivity index (χ1v) is 9.07. The van der Waals surface area contributed by atoms with Crippen molar-refractivity contribution in [2.24, 2.45) is 0 Å². The molecule has 0 bridgehead atoms. The van der Waals surface area contributed by atoms with Gasteiger partial charge in [0.25, 0.3) is 0 Å². The highest BCUT2D eigenvalue weighted by atomic mass is 32.2. The lowest BCUT2D eigenvalue weighted by molar-refractivity contribution is 0.314. The molecule has 7 nitrogen and oxygen atoms in total. The Morgan fingerprint density at radius 3 is 2.82 bits per heavy atom. The van der Waals surface area contributed by atoms with Crippen LogP contribution in [0.5, 0.6) is 0 Å². The molecule has 1 fully saturated rings. The van der Waals surface area contributed by atoms with Gasteiger partial charge in [-0.2, -0.15) is 0 Å². The van der Waals surface area contributed by atoms with Crippen molar-refractivity contribution in [3.05, 3.63) is 36.3 Å². The van der Waals surface area contributed by atoms with Crippen molar-refractivity contribution in [3.8, 4) is 5.82 Å². The molecule has 0 aromatic carbocycles. The molecule has 0 spiro atoms. The van der Waals surface area contributed by atoms with E-state index in [0.29, 0.717) is 18.9 Å². The number of aryl methyl sites for hydroxylation is 1. The zero-order valence-electron chi connectivity index (χ0n) is 12.7. The van der Waals surface area contributed by atoms with Crippen molar-refractivity contribution >= 4 is 10.0 Å². The van der Waals surface area contributed by atoms with Gasteiger partial charge in [-0.15, -0.1) is 0 Å². The zero-order chi connectivity index (χ0) is 15.7. The molecule has 1 aliphatic heterocycles. The Morgan fingerprint density at radius 2 is 2.14 bits per heavy atom. The van der Waals surface area contributed by atoms with Gasteiger partial charge < -0.3 is 0 Å². The Balaban J connectivity index is 1.91. The SMILES string of the molecule is Cc1nc([C@@H]2CCCN(S(C)(=O)=O)C2)cc(-n2ccnc2)n1. The molecule has 0 saturated carbocycles. The van der Waals surface area contributed by atoms with Crippen LogP contribution >= 0.6 is 0 Å². The summed E-state index contributed by atoms with van der Waals surface area (Å²) in [4.78, 5) is 13.0. The largest absolute Gasteiger partial charge is 0.290 e. The summed E-state index contributed by atoms with van der Waals surface area (Å²) in [7, 11) is -3.16. The molecule has 3 rings (SSSR count). The number of piperidine rings is 1. The predicted molar refractivity (Wildman–Crippen MR) is 82.3 cm³/mol. The molecule has 1 saturated heterocycles. The summed E-state index contributed by atoms with van der Waals surface area (Å²) in [5, 5.41) is 0. The lowest BCUT2D eigenvalue weighted by Gasteiger charge is -2.30.